The van der Waals surface area contributed by atoms with Gasteiger partial charge in [-0.05, 0) is 58.3 Å². The minimum absolute atomic E-state index is 0.116. The van der Waals surface area contributed by atoms with E-state index in [-0.39, 0.29) is 5.60 Å². The van der Waals surface area contributed by atoms with E-state index < -0.39 is 0 Å². The summed E-state index contributed by atoms with van der Waals surface area (Å²) in [5.74, 6) is 1.01. The van der Waals surface area contributed by atoms with Crippen LogP contribution in [0.1, 0.15) is 72.1 Å². The van der Waals surface area contributed by atoms with Crippen LogP contribution in [0.4, 0.5) is 0 Å². The lowest BCUT2D eigenvalue weighted by molar-refractivity contribution is -0.0157. The minimum atomic E-state index is 0.116. The van der Waals surface area contributed by atoms with Crippen LogP contribution in [-0.2, 0) is 4.74 Å². The molecule has 0 aromatic carbocycles. The molecule has 0 amide bonds. The Hall–Kier alpha value is -0.0800. The van der Waals surface area contributed by atoms with Gasteiger partial charge in [0.1, 0.15) is 0 Å². The molecule has 1 saturated carbocycles. The average molecular weight is 253 g/mol. The second kappa shape index (κ2) is 6.38. The van der Waals surface area contributed by atoms with Gasteiger partial charge < -0.3 is 10.1 Å². The zero-order valence-corrected chi connectivity index (χ0v) is 12.5. The molecule has 1 heterocycles. The molecule has 1 N–H and O–H groups in total. The highest BCUT2D eigenvalue weighted by Crippen LogP contribution is 2.30. The Kier molecular flexibility index (Phi) is 5.08. The first-order valence-electron chi connectivity index (χ1n) is 8.00. The van der Waals surface area contributed by atoms with E-state index in [9.17, 15) is 0 Å². The molecule has 1 aliphatic carbocycles. The topological polar surface area (TPSA) is 21.3 Å². The van der Waals surface area contributed by atoms with Crippen molar-refractivity contribution in [3.63, 3.8) is 0 Å². The second-order valence-electron chi connectivity index (χ2n) is 6.95. The van der Waals surface area contributed by atoms with Gasteiger partial charge >= 0.3 is 0 Å². The zero-order valence-electron chi connectivity index (χ0n) is 12.5. The highest BCUT2D eigenvalue weighted by molar-refractivity contribution is 4.84. The summed E-state index contributed by atoms with van der Waals surface area (Å²) < 4.78 is 6.04. The molecule has 2 fully saturated rings. The number of hydrogen-bond donors (Lipinski definition) is 1. The Morgan fingerprint density at radius 2 is 1.83 bits per heavy atom. The van der Waals surface area contributed by atoms with Gasteiger partial charge in [0.15, 0.2) is 0 Å². The Morgan fingerprint density at radius 3 is 2.39 bits per heavy atom. The fraction of sp³-hybridized carbons (Fsp3) is 1.00. The maximum absolute atomic E-state index is 6.04. The van der Waals surface area contributed by atoms with Crippen molar-refractivity contribution in [3.8, 4) is 0 Å². The summed E-state index contributed by atoms with van der Waals surface area (Å²) in [5, 5.41) is 3.74. The summed E-state index contributed by atoms with van der Waals surface area (Å²) in [5.41, 5.74) is 0.116. The Bertz CT molecular complexity index is 243. The van der Waals surface area contributed by atoms with Gasteiger partial charge in [-0.15, -0.1) is 0 Å². The molecule has 0 bridgehead atoms. The van der Waals surface area contributed by atoms with E-state index in [1.807, 2.05) is 0 Å². The predicted octanol–water partition coefficient (Wildman–Crippen LogP) is 3.89. The maximum Gasteiger partial charge on any atom is 0.0707 e. The van der Waals surface area contributed by atoms with Crippen LogP contribution in [0.3, 0.4) is 0 Å². The number of hydrogen-bond acceptors (Lipinski definition) is 2. The van der Waals surface area contributed by atoms with Crippen molar-refractivity contribution in [2.75, 3.05) is 6.54 Å². The van der Waals surface area contributed by atoms with Gasteiger partial charge in [-0.2, -0.15) is 0 Å². The highest BCUT2D eigenvalue weighted by atomic mass is 16.5. The maximum atomic E-state index is 6.04. The molecule has 1 atom stereocenters. The quantitative estimate of drug-likeness (QED) is 0.802. The third-order valence-corrected chi connectivity index (χ3v) is 4.73. The standard InChI is InChI=1S/C16H31NO/c1-4-5-13-6-8-14(9-7-13)17-12-15-10-11-16(2,3)18-15/h13-15,17H,4-12H2,1-3H3. The fourth-order valence-electron chi connectivity index (χ4n) is 3.58. The van der Waals surface area contributed by atoms with Crippen LogP contribution in [0, 0.1) is 5.92 Å². The van der Waals surface area contributed by atoms with Crippen LogP contribution < -0.4 is 5.32 Å². The minimum Gasteiger partial charge on any atom is -0.371 e. The van der Waals surface area contributed by atoms with E-state index in [1.54, 1.807) is 0 Å². The summed E-state index contributed by atoms with van der Waals surface area (Å²) >= 11 is 0. The molecule has 2 nitrogen and oxygen atoms in total. The molecule has 0 aromatic heterocycles. The van der Waals surface area contributed by atoms with E-state index in [1.165, 1.54) is 51.4 Å². The summed E-state index contributed by atoms with van der Waals surface area (Å²) in [6, 6.07) is 0.755. The van der Waals surface area contributed by atoms with Gasteiger partial charge in [0.05, 0.1) is 11.7 Å². The lowest BCUT2D eigenvalue weighted by Crippen LogP contribution is -2.38. The fourth-order valence-corrected chi connectivity index (χ4v) is 3.58. The normalized spacial score (nSPS) is 35.8. The highest BCUT2D eigenvalue weighted by Gasteiger charge is 2.31. The van der Waals surface area contributed by atoms with Crippen LogP contribution in [0.2, 0.25) is 0 Å². The second-order valence-corrected chi connectivity index (χ2v) is 6.95. The summed E-state index contributed by atoms with van der Waals surface area (Å²) in [4.78, 5) is 0. The predicted molar refractivity (Wildman–Crippen MR) is 76.8 cm³/mol. The molecule has 0 aromatic rings. The first-order valence-corrected chi connectivity index (χ1v) is 8.00. The monoisotopic (exact) mass is 253 g/mol. The third-order valence-electron chi connectivity index (χ3n) is 4.73. The molecule has 2 heteroatoms. The van der Waals surface area contributed by atoms with Crippen molar-refractivity contribution in [1.82, 2.24) is 5.32 Å². The Balaban J connectivity index is 1.61. The molecule has 0 spiro atoms. The number of nitrogens with one attached hydrogen (secondary N) is 1. The van der Waals surface area contributed by atoms with Gasteiger partial charge in [-0.25, -0.2) is 0 Å². The third kappa shape index (κ3) is 4.24. The molecular formula is C16H31NO. The van der Waals surface area contributed by atoms with E-state index in [4.69, 9.17) is 4.74 Å². The van der Waals surface area contributed by atoms with Gasteiger partial charge in [0.25, 0.3) is 0 Å². The van der Waals surface area contributed by atoms with Gasteiger partial charge in [0, 0.05) is 12.6 Å². The average Bonchev–Trinajstić information content (AvgIpc) is 2.69. The van der Waals surface area contributed by atoms with E-state index in [2.05, 4.69) is 26.1 Å². The van der Waals surface area contributed by atoms with Crippen molar-refractivity contribution in [2.24, 2.45) is 5.92 Å². The summed E-state index contributed by atoms with van der Waals surface area (Å²) in [7, 11) is 0. The van der Waals surface area contributed by atoms with Crippen molar-refractivity contribution in [1.29, 1.82) is 0 Å². The molecular weight excluding hydrogens is 222 g/mol. The number of rotatable bonds is 5. The van der Waals surface area contributed by atoms with Crippen molar-refractivity contribution in [3.05, 3.63) is 0 Å². The lowest BCUT2D eigenvalue weighted by atomic mass is 9.83. The van der Waals surface area contributed by atoms with Crippen LogP contribution >= 0.6 is 0 Å². The largest absolute Gasteiger partial charge is 0.371 e. The molecule has 1 saturated heterocycles. The van der Waals surface area contributed by atoms with Crippen molar-refractivity contribution in [2.45, 2.75) is 89.9 Å². The Morgan fingerprint density at radius 1 is 1.11 bits per heavy atom. The van der Waals surface area contributed by atoms with E-state index in [0.29, 0.717) is 6.10 Å². The van der Waals surface area contributed by atoms with E-state index in [0.717, 1.165) is 18.5 Å². The van der Waals surface area contributed by atoms with Crippen LogP contribution in [0.15, 0.2) is 0 Å². The van der Waals surface area contributed by atoms with Crippen molar-refractivity contribution >= 4 is 0 Å². The zero-order chi connectivity index (χ0) is 13.0. The number of ether oxygens (including phenoxy) is 1. The smallest absolute Gasteiger partial charge is 0.0707 e. The van der Waals surface area contributed by atoms with Crippen LogP contribution in [0.5, 0.6) is 0 Å². The van der Waals surface area contributed by atoms with Gasteiger partial charge in [0.2, 0.25) is 0 Å². The molecule has 2 aliphatic rings. The molecule has 1 unspecified atom stereocenters. The van der Waals surface area contributed by atoms with Crippen LogP contribution in [0.25, 0.3) is 0 Å². The molecule has 2 rings (SSSR count). The lowest BCUT2D eigenvalue weighted by Gasteiger charge is -2.30. The summed E-state index contributed by atoms with van der Waals surface area (Å²) in [6.45, 7) is 7.79. The first kappa shape index (κ1) is 14.3. The molecule has 106 valence electrons. The van der Waals surface area contributed by atoms with Gasteiger partial charge in [-0.3, -0.25) is 0 Å². The van der Waals surface area contributed by atoms with E-state index >= 15 is 0 Å². The first-order chi connectivity index (χ1) is 8.59. The molecule has 0 radical (unpaired) electrons. The molecule has 1 aliphatic heterocycles. The van der Waals surface area contributed by atoms with Crippen LogP contribution in [-0.4, -0.2) is 24.3 Å². The van der Waals surface area contributed by atoms with Gasteiger partial charge in [-0.1, -0.05) is 19.8 Å². The SMILES string of the molecule is CCCC1CCC(NCC2CCC(C)(C)O2)CC1. The summed E-state index contributed by atoms with van der Waals surface area (Å²) in [6.07, 6.45) is 11.3. The Labute approximate surface area is 113 Å². The van der Waals surface area contributed by atoms with Crippen molar-refractivity contribution < 1.29 is 4.74 Å². The molecule has 18 heavy (non-hydrogen) atoms.